The quantitative estimate of drug-likeness (QED) is 0.751. The van der Waals surface area contributed by atoms with Crippen LogP contribution in [0, 0.1) is 6.92 Å². The number of hydrogen-bond acceptors (Lipinski definition) is 1. The van der Waals surface area contributed by atoms with Gasteiger partial charge in [0, 0.05) is 17.6 Å². The van der Waals surface area contributed by atoms with Gasteiger partial charge in [-0.1, -0.05) is 18.2 Å². The minimum absolute atomic E-state index is 0.0196. The van der Waals surface area contributed by atoms with Crippen LogP contribution in [-0.2, 0) is 6.54 Å². The maximum atomic E-state index is 11.8. The number of alkyl halides is 1. The van der Waals surface area contributed by atoms with Crippen molar-refractivity contribution in [2.24, 2.45) is 0 Å². The van der Waals surface area contributed by atoms with Crippen molar-refractivity contribution in [3.8, 4) is 5.69 Å². The number of hydrogen-bond donors (Lipinski definition) is 0. The van der Waals surface area contributed by atoms with Crippen molar-refractivity contribution in [2.45, 2.75) is 13.5 Å². The fraction of sp³-hybridized carbons (Fsp3) is 0.250. The number of rotatable bonds is 3. The van der Waals surface area contributed by atoms with Gasteiger partial charge in [-0.15, -0.1) is 11.6 Å². The molecular weight excluding hydrogens is 224 g/mol. The number of aryl methyl sites for hydroxylation is 1. The van der Waals surface area contributed by atoms with Gasteiger partial charge in [0.05, 0.1) is 12.2 Å². The highest BCUT2D eigenvalue weighted by molar-refractivity contribution is 6.17. The predicted octanol–water partition coefficient (Wildman–Crippen LogP) is 2.19. The molecule has 2 aromatic rings. The maximum Gasteiger partial charge on any atom is 0.271 e. The minimum atomic E-state index is -0.0196. The van der Waals surface area contributed by atoms with Crippen molar-refractivity contribution < 1.29 is 0 Å². The first-order valence-electron chi connectivity index (χ1n) is 5.15. The van der Waals surface area contributed by atoms with Gasteiger partial charge in [-0.25, -0.2) is 4.68 Å². The highest BCUT2D eigenvalue weighted by atomic mass is 35.5. The monoisotopic (exact) mass is 236 g/mol. The largest absolute Gasteiger partial charge is 0.281 e. The third kappa shape index (κ3) is 1.91. The summed E-state index contributed by atoms with van der Waals surface area (Å²) in [7, 11) is 0. The van der Waals surface area contributed by atoms with Crippen LogP contribution in [0.25, 0.3) is 5.69 Å². The number of halogens is 1. The van der Waals surface area contributed by atoms with Crippen LogP contribution in [0.1, 0.15) is 5.69 Å². The second-order valence-electron chi connectivity index (χ2n) is 3.58. The molecule has 0 bridgehead atoms. The normalized spacial score (nSPS) is 10.6. The van der Waals surface area contributed by atoms with Crippen LogP contribution >= 0.6 is 11.6 Å². The van der Waals surface area contributed by atoms with Crippen LogP contribution in [0.5, 0.6) is 0 Å². The maximum absolute atomic E-state index is 11.8. The molecule has 0 saturated heterocycles. The topological polar surface area (TPSA) is 26.9 Å². The molecule has 0 atom stereocenters. The Bertz CT molecular complexity index is 528. The third-order valence-electron chi connectivity index (χ3n) is 2.49. The minimum Gasteiger partial charge on any atom is -0.281 e. The van der Waals surface area contributed by atoms with E-state index in [9.17, 15) is 4.79 Å². The van der Waals surface area contributed by atoms with E-state index in [4.69, 9.17) is 11.6 Å². The van der Waals surface area contributed by atoms with Gasteiger partial charge in [-0.3, -0.25) is 9.48 Å². The van der Waals surface area contributed by atoms with E-state index >= 15 is 0 Å². The lowest BCUT2D eigenvalue weighted by atomic mass is 10.3. The molecule has 0 spiro atoms. The van der Waals surface area contributed by atoms with E-state index in [1.165, 1.54) is 0 Å². The molecule has 0 N–H and O–H groups in total. The molecular formula is C12H13ClN2O. The smallest absolute Gasteiger partial charge is 0.271 e. The molecule has 0 fully saturated rings. The van der Waals surface area contributed by atoms with Crippen molar-refractivity contribution in [1.29, 1.82) is 0 Å². The Kier molecular flexibility index (Phi) is 3.15. The molecule has 0 radical (unpaired) electrons. The molecule has 0 unspecified atom stereocenters. The Morgan fingerprint density at radius 1 is 1.25 bits per heavy atom. The summed E-state index contributed by atoms with van der Waals surface area (Å²) >= 11 is 5.74. The lowest BCUT2D eigenvalue weighted by Gasteiger charge is -2.11. The molecule has 84 valence electrons. The predicted molar refractivity (Wildman–Crippen MR) is 65.5 cm³/mol. The second-order valence-corrected chi connectivity index (χ2v) is 3.96. The number of benzene rings is 1. The van der Waals surface area contributed by atoms with Gasteiger partial charge in [-0.2, -0.15) is 0 Å². The Morgan fingerprint density at radius 3 is 2.56 bits per heavy atom. The molecule has 3 nitrogen and oxygen atoms in total. The van der Waals surface area contributed by atoms with Crippen molar-refractivity contribution >= 4 is 11.6 Å². The van der Waals surface area contributed by atoms with Gasteiger partial charge in [0.1, 0.15) is 0 Å². The molecule has 0 aliphatic carbocycles. The molecule has 0 aliphatic heterocycles. The summed E-state index contributed by atoms with van der Waals surface area (Å²) in [5, 5.41) is 0. The van der Waals surface area contributed by atoms with Gasteiger partial charge in [0.2, 0.25) is 0 Å². The summed E-state index contributed by atoms with van der Waals surface area (Å²) < 4.78 is 3.54. The first kappa shape index (κ1) is 11.0. The van der Waals surface area contributed by atoms with E-state index in [0.717, 1.165) is 11.4 Å². The molecule has 4 heteroatoms. The van der Waals surface area contributed by atoms with Crippen LogP contribution in [0.15, 0.2) is 41.2 Å². The van der Waals surface area contributed by atoms with Gasteiger partial charge in [-0.05, 0) is 19.1 Å². The molecule has 2 rings (SSSR count). The zero-order valence-corrected chi connectivity index (χ0v) is 9.81. The van der Waals surface area contributed by atoms with Crippen LogP contribution in [0.2, 0.25) is 0 Å². The Morgan fingerprint density at radius 2 is 1.94 bits per heavy atom. The molecule has 1 heterocycles. The van der Waals surface area contributed by atoms with Crippen LogP contribution in [0.3, 0.4) is 0 Å². The summed E-state index contributed by atoms with van der Waals surface area (Å²) in [6, 6.07) is 11.2. The van der Waals surface area contributed by atoms with Crippen molar-refractivity contribution in [1.82, 2.24) is 9.36 Å². The summed E-state index contributed by atoms with van der Waals surface area (Å²) in [6.07, 6.45) is 0. The first-order valence-corrected chi connectivity index (χ1v) is 5.68. The summed E-state index contributed by atoms with van der Waals surface area (Å²) in [5.41, 5.74) is 1.77. The van der Waals surface area contributed by atoms with Crippen molar-refractivity contribution in [2.75, 3.05) is 5.88 Å². The SMILES string of the molecule is Cc1cc(=O)n(-c2ccccc2)n1CCCl. The lowest BCUT2D eigenvalue weighted by molar-refractivity contribution is 0.562. The van der Waals surface area contributed by atoms with Gasteiger partial charge in [0.15, 0.2) is 0 Å². The summed E-state index contributed by atoms with van der Waals surface area (Å²) in [4.78, 5) is 11.8. The molecule has 16 heavy (non-hydrogen) atoms. The van der Waals surface area contributed by atoms with E-state index in [1.807, 2.05) is 41.9 Å². The molecule has 0 amide bonds. The Labute approximate surface area is 98.9 Å². The van der Waals surface area contributed by atoms with E-state index in [-0.39, 0.29) is 5.56 Å². The zero-order chi connectivity index (χ0) is 11.5. The van der Waals surface area contributed by atoms with Gasteiger partial charge >= 0.3 is 0 Å². The van der Waals surface area contributed by atoms with Gasteiger partial charge < -0.3 is 0 Å². The van der Waals surface area contributed by atoms with Gasteiger partial charge in [0.25, 0.3) is 5.56 Å². The van der Waals surface area contributed by atoms with E-state index in [1.54, 1.807) is 10.7 Å². The summed E-state index contributed by atoms with van der Waals surface area (Å²) in [6.45, 7) is 2.54. The van der Waals surface area contributed by atoms with Crippen molar-refractivity contribution in [3.63, 3.8) is 0 Å². The fourth-order valence-corrected chi connectivity index (χ4v) is 1.94. The number of para-hydroxylation sites is 1. The average Bonchev–Trinajstić information content (AvgIpc) is 2.56. The molecule has 1 aromatic carbocycles. The number of nitrogens with zero attached hydrogens (tertiary/aromatic N) is 2. The van der Waals surface area contributed by atoms with E-state index < -0.39 is 0 Å². The van der Waals surface area contributed by atoms with Crippen LogP contribution in [-0.4, -0.2) is 15.2 Å². The van der Waals surface area contributed by atoms with Crippen LogP contribution in [0.4, 0.5) is 0 Å². The first-order chi connectivity index (χ1) is 7.74. The standard InChI is InChI=1S/C12H13ClN2O/c1-10-9-12(16)15(14(10)8-7-13)11-5-3-2-4-6-11/h2-6,9H,7-8H2,1H3. The Balaban J connectivity index is 2.60. The lowest BCUT2D eigenvalue weighted by Crippen LogP contribution is -2.21. The van der Waals surface area contributed by atoms with E-state index in [0.29, 0.717) is 12.4 Å². The highest BCUT2D eigenvalue weighted by Gasteiger charge is 2.08. The average molecular weight is 237 g/mol. The fourth-order valence-electron chi connectivity index (χ4n) is 1.78. The number of aromatic nitrogens is 2. The second kappa shape index (κ2) is 4.58. The molecule has 0 saturated carbocycles. The molecule has 1 aromatic heterocycles. The summed E-state index contributed by atoms with van der Waals surface area (Å²) in [5.74, 6) is 0.488. The molecule has 0 aliphatic rings. The highest BCUT2D eigenvalue weighted by Crippen LogP contribution is 2.07. The van der Waals surface area contributed by atoms with Crippen molar-refractivity contribution in [3.05, 3.63) is 52.4 Å². The van der Waals surface area contributed by atoms with Crippen LogP contribution < -0.4 is 5.56 Å². The van der Waals surface area contributed by atoms with E-state index in [2.05, 4.69) is 0 Å². The third-order valence-corrected chi connectivity index (χ3v) is 2.66. The Hall–Kier alpha value is -1.48. The zero-order valence-electron chi connectivity index (χ0n) is 9.06.